The van der Waals surface area contributed by atoms with Crippen LogP contribution in [-0.2, 0) is 16.0 Å². The lowest BCUT2D eigenvalue weighted by atomic mass is 9.93. The van der Waals surface area contributed by atoms with Crippen molar-refractivity contribution in [3.8, 4) is 5.69 Å². The standard InChI is InChI=1S/C16H19N5O3/c22-15(20-7-5-13(6-8-20)10-16(23)24)9-12-1-3-14(4-2-12)21-11-17-18-19-21/h1-4,11,13H,5-10H2,(H,23,24). The second-order valence-corrected chi connectivity index (χ2v) is 6.02. The molecule has 1 aliphatic rings. The maximum atomic E-state index is 12.4. The molecule has 1 N–H and O–H groups in total. The van der Waals surface area contributed by atoms with Gasteiger partial charge in [0.25, 0.3) is 0 Å². The minimum Gasteiger partial charge on any atom is -0.481 e. The summed E-state index contributed by atoms with van der Waals surface area (Å²) in [7, 11) is 0. The molecule has 126 valence electrons. The first-order valence-corrected chi connectivity index (χ1v) is 7.93. The Morgan fingerprint density at radius 1 is 1.17 bits per heavy atom. The Morgan fingerprint density at radius 3 is 2.46 bits per heavy atom. The molecule has 1 aromatic carbocycles. The van der Waals surface area contributed by atoms with Crippen LogP contribution in [0.2, 0.25) is 0 Å². The van der Waals surface area contributed by atoms with Gasteiger partial charge in [0.05, 0.1) is 12.1 Å². The molecule has 1 aliphatic heterocycles. The molecule has 1 saturated heterocycles. The zero-order valence-electron chi connectivity index (χ0n) is 13.2. The Balaban J connectivity index is 1.53. The van der Waals surface area contributed by atoms with Gasteiger partial charge in [-0.2, -0.15) is 0 Å². The number of rotatable bonds is 5. The molecule has 2 aromatic rings. The monoisotopic (exact) mass is 329 g/mol. The second-order valence-electron chi connectivity index (χ2n) is 6.02. The summed E-state index contributed by atoms with van der Waals surface area (Å²) in [5, 5.41) is 19.8. The maximum absolute atomic E-state index is 12.4. The van der Waals surface area contributed by atoms with Crippen LogP contribution >= 0.6 is 0 Å². The highest BCUT2D eigenvalue weighted by atomic mass is 16.4. The molecule has 8 nitrogen and oxygen atoms in total. The van der Waals surface area contributed by atoms with Crippen LogP contribution in [-0.4, -0.2) is 55.2 Å². The van der Waals surface area contributed by atoms with Gasteiger partial charge in [-0.1, -0.05) is 12.1 Å². The van der Waals surface area contributed by atoms with Crippen LogP contribution in [0.4, 0.5) is 0 Å². The molecule has 0 bridgehead atoms. The van der Waals surface area contributed by atoms with Crippen LogP contribution in [0.15, 0.2) is 30.6 Å². The number of carboxylic acids is 1. The van der Waals surface area contributed by atoms with Gasteiger partial charge in [0.2, 0.25) is 5.91 Å². The van der Waals surface area contributed by atoms with E-state index in [0.29, 0.717) is 19.5 Å². The van der Waals surface area contributed by atoms with Crippen molar-refractivity contribution in [3.05, 3.63) is 36.2 Å². The first-order chi connectivity index (χ1) is 11.6. The average Bonchev–Trinajstić information content (AvgIpc) is 3.10. The minimum absolute atomic E-state index is 0.0824. The van der Waals surface area contributed by atoms with Gasteiger partial charge in [-0.15, -0.1) is 5.10 Å². The van der Waals surface area contributed by atoms with Crippen LogP contribution in [0.25, 0.3) is 5.69 Å². The minimum atomic E-state index is -0.762. The Labute approximate surface area is 139 Å². The van der Waals surface area contributed by atoms with Gasteiger partial charge in [-0.05, 0) is 46.9 Å². The second kappa shape index (κ2) is 7.20. The van der Waals surface area contributed by atoms with Crippen molar-refractivity contribution < 1.29 is 14.7 Å². The number of nitrogens with zero attached hydrogens (tertiary/aromatic N) is 5. The molecule has 1 aromatic heterocycles. The van der Waals surface area contributed by atoms with Gasteiger partial charge in [-0.3, -0.25) is 9.59 Å². The summed E-state index contributed by atoms with van der Waals surface area (Å²) in [5.41, 5.74) is 1.77. The number of amides is 1. The van der Waals surface area contributed by atoms with Gasteiger partial charge < -0.3 is 10.0 Å². The molecule has 2 heterocycles. The predicted molar refractivity (Wildman–Crippen MR) is 84.4 cm³/mol. The van der Waals surface area contributed by atoms with E-state index in [1.165, 1.54) is 6.33 Å². The number of carboxylic acid groups (broad SMARTS) is 1. The van der Waals surface area contributed by atoms with E-state index < -0.39 is 5.97 Å². The highest BCUT2D eigenvalue weighted by Crippen LogP contribution is 2.21. The third-order valence-electron chi connectivity index (χ3n) is 4.34. The fourth-order valence-electron chi connectivity index (χ4n) is 2.97. The normalized spacial score (nSPS) is 15.4. The Morgan fingerprint density at radius 2 is 1.88 bits per heavy atom. The predicted octanol–water partition coefficient (Wildman–Crippen LogP) is 0.918. The van der Waals surface area contributed by atoms with Crippen molar-refractivity contribution in [3.63, 3.8) is 0 Å². The molecule has 8 heteroatoms. The first kappa shape index (κ1) is 16.1. The molecule has 0 unspecified atom stereocenters. The van der Waals surface area contributed by atoms with Crippen LogP contribution in [0.5, 0.6) is 0 Å². The molecule has 1 fully saturated rings. The van der Waals surface area contributed by atoms with Gasteiger partial charge in [0, 0.05) is 19.5 Å². The molecule has 3 rings (SSSR count). The number of piperidine rings is 1. The molecule has 0 atom stereocenters. The number of aromatic nitrogens is 4. The maximum Gasteiger partial charge on any atom is 0.303 e. The van der Waals surface area contributed by atoms with Crippen LogP contribution in [0.3, 0.4) is 0 Å². The quantitative estimate of drug-likeness (QED) is 0.875. The van der Waals surface area contributed by atoms with Gasteiger partial charge in [0.15, 0.2) is 0 Å². The summed E-state index contributed by atoms with van der Waals surface area (Å²) in [6, 6.07) is 7.54. The Hall–Kier alpha value is -2.77. The van der Waals surface area contributed by atoms with E-state index in [9.17, 15) is 9.59 Å². The largest absolute Gasteiger partial charge is 0.481 e. The van der Waals surface area contributed by atoms with Gasteiger partial charge >= 0.3 is 5.97 Å². The van der Waals surface area contributed by atoms with Crippen LogP contribution < -0.4 is 0 Å². The third kappa shape index (κ3) is 3.95. The summed E-state index contributed by atoms with van der Waals surface area (Å²) < 4.78 is 1.55. The lowest BCUT2D eigenvalue weighted by Crippen LogP contribution is -2.39. The Kier molecular flexibility index (Phi) is 4.83. The summed E-state index contributed by atoms with van der Waals surface area (Å²) in [6.45, 7) is 1.28. The number of aliphatic carboxylic acids is 1. The molecule has 24 heavy (non-hydrogen) atoms. The van der Waals surface area contributed by atoms with Crippen LogP contribution in [0.1, 0.15) is 24.8 Å². The summed E-state index contributed by atoms with van der Waals surface area (Å²) in [6.07, 6.45) is 3.58. The number of carbonyl (C=O) groups excluding carboxylic acids is 1. The molecular formula is C16H19N5O3. The summed E-state index contributed by atoms with van der Waals surface area (Å²) in [5.74, 6) is -0.497. The third-order valence-corrected chi connectivity index (χ3v) is 4.34. The number of hydrogen-bond acceptors (Lipinski definition) is 5. The fraction of sp³-hybridized carbons (Fsp3) is 0.438. The molecule has 0 radical (unpaired) electrons. The zero-order chi connectivity index (χ0) is 16.9. The van der Waals surface area contributed by atoms with Crippen molar-refractivity contribution >= 4 is 11.9 Å². The SMILES string of the molecule is O=C(O)CC1CCN(C(=O)Cc2ccc(-n3cnnn3)cc2)CC1. The number of likely N-dealkylation sites (tertiary alicyclic amines) is 1. The highest BCUT2D eigenvalue weighted by molar-refractivity contribution is 5.79. The topological polar surface area (TPSA) is 101 Å². The summed E-state index contributed by atoms with van der Waals surface area (Å²) in [4.78, 5) is 25.0. The number of hydrogen-bond donors (Lipinski definition) is 1. The molecule has 0 saturated carbocycles. The van der Waals surface area contributed by atoms with E-state index in [4.69, 9.17) is 5.11 Å². The highest BCUT2D eigenvalue weighted by Gasteiger charge is 2.24. The average molecular weight is 329 g/mol. The lowest BCUT2D eigenvalue weighted by molar-refractivity contribution is -0.138. The van der Waals surface area contributed by atoms with E-state index >= 15 is 0 Å². The Bertz CT molecular complexity index is 691. The molecule has 0 aliphatic carbocycles. The van der Waals surface area contributed by atoms with Gasteiger partial charge in [0.1, 0.15) is 6.33 Å². The number of tetrazole rings is 1. The van der Waals surface area contributed by atoms with Crippen molar-refractivity contribution in [2.45, 2.75) is 25.7 Å². The van der Waals surface area contributed by atoms with Crippen molar-refractivity contribution in [1.82, 2.24) is 25.1 Å². The number of carbonyl (C=O) groups is 2. The molecule has 0 spiro atoms. The number of benzene rings is 1. The van der Waals surface area contributed by atoms with E-state index in [1.807, 2.05) is 29.2 Å². The fourth-order valence-corrected chi connectivity index (χ4v) is 2.97. The van der Waals surface area contributed by atoms with E-state index in [2.05, 4.69) is 15.5 Å². The molecule has 1 amide bonds. The molecular weight excluding hydrogens is 310 g/mol. The van der Waals surface area contributed by atoms with Crippen molar-refractivity contribution in [1.29, 1.82) is 0 Å². The summed E-state index contributed by atoms with van der Waals surface area (Å²) >= 11 is 0. The lowest BCUT2D eigenvalue weighted by Gasteiger charge is -2.31. The zero-order valence-corrected chi connectivity index (χ0v) is 13.2. The first-order valence-electron chi connectivity index (χ1n) is 7.93. The smallest absolute Gasteiger partial charge is 0.303 e. The van der Waals surface area contributed by atoms with E-state index in [-0.39, 0.29) is 18.2 Å². The van der Waals surface area contributed by atoms with E-state index in [0.717, 1.165) is 24.1 Å². The van der Waals surface area contributed by atoms with Crippen molar-refractivity contribution in [2.75, 3.05) is 13.1 Å². The van der Waals surface area contributed by atoms with E-state index in [1.54, 1.807) is 4.68 Å². The van der Waals surface area contributed by atoms with Gasteiger partial charge in [-0.25, -0.2) is 4.68 Å². The van der Waals surface area contributed by atoms with Crippen molar-refractivity contribution in [2.24, 2.45) is 5.92 Å². The van der Waals surface area contributed by atoms with Crippen LogP contribution in [0, 0.1) is 5.92 Å².